The second kappa shape index (κ2) is 20.9. The summed E-state index contributed by atoms with van der Waals surface area (Å²) in [4.78, 5) is 24.5. The van der Waals surface area contributed by atoms with Crippen LogP contribution in [0.25, 0.3) is 0 Å². The molecule has 0 aliphatic rings. The second-order valence-corrected chi connectivity index (χ2v) is 9.85. The number of benzene rings is 1. The first kappa shape index (κ1) is 33.7. The summed E-state index contributed by atoms with van der Waals surface area (Å²) >= 11 is 0. The Morgan fingerprint density at radius 1 is 0.706 bits per heavy atom. The van der Waals surface area contributed by atoms with E-state index in [-0.39, 0.29) is 69.1 Å². The van der Waals surface area contributed by atoms with Gasteiger partial charge in [0.25, 0.3) is 0 Å². The van der Waals surface area contributed by atoms with Crippen molar-refractivity contribution in [3.05, 3.63) is 35.4 Å². The average molecular weight is 523 g/mol. The Bertz CT molecular complexity index is 796. The molecule has 0 radical (unpaired) electrons. The van der Waals surface area contributed by atoms with E-state index in [4.69, 9.17) is 9.47 Å². The van der Waals surface area contributed by atoms with E-state index in [1.54, 1.807) is 12.1 Å². The molecule has 7 nitrogen and oxygen atoms in total. The predicted molar refractivity (Wildman–Crippen MR) is 127 cm³/mol. The summed E-state index contributed by atoms with van der Waals surface area (Å²) in [6.45, 7) is 1.95. The van der Waals surface area contributed by atoms with Crippen LogP contribution in [0.15, 0.2) is 24.3 Å². The predicted octanol–water partition coefficient (Wildman–Crippen LogP) is 2.64. The number of carbonyl (C=O) groups is 2. The van der Waals surface area contributed by atoms with Crippen LogP contribution in [-0.2, 0) is 19.6 Å². The summed E-state index contributed by atoms with van der Waals surface area (Å²) in [5.74, 6) is -2.31. The van der Waals surface area contributed by atoms with E-state index in [1.165, 1.54) is 76.3 Å². The van der Waals surface area contributed by atoms with Gasteiger partial charge in [0.1, 0.15) is 6.61 Å². The molecule has 9 heteroatoms. The Hall–Kier alpha value is -0.294. The quantitative estimate of drug-likeness (QED) is 0.119. The van der Waals surface area contributed by atoms with Gasteiger partial charge < -0.3 is 14.0 Å². The molecular formula is C25H39KO7S. The van der Waals surface area contributed by atoms with E-state index < -0.39 is 34.4 Å². The van der Waals surface area contributed by atoms with Gasteiger partial charge in [-0.2, -0.15) is 0 Å². The van der Waals surface area contributed by atoms with E-state index in [0.717, 1.165) is 19.3 Å². The zero-order valence-corrected chi connectivity index (χ0v) is 24.8. The minimum Gasteiger partial charge on any atom is -0.748 e. The minimum absolute atomic E-state index is 0. The fourth-order valence-corrected chi connectivity index (χ4v) is 3.80. The number of esters is 2. The number of carbonyl (C=O) groups excluding carboxylic acids is 2. The maximum atomic E-state index is 12.3. The molecule has 0 bridgehead atoms. The van der Waals surface area contributed by atoms with Crippen LogP contribution in [0.3, 0.4) is 0 Å². The zero-order valence-electron chi connectivity index (χ0n) is 20.9. The van der Waals surface area contributed by atoms with Gasteiger partial charge in [0.05, 0.1) is 33.6 Å². The molecule has 0 spiro atoms. The van der Waals surface area contributed by atoms with Gasteiger partial charge in [-0.1, -0.05) is 96.1 Å². The van der Waals surface area contributed by atoms with Gasteiger partial charge in [-0.25, -0.2) is 18.0 Å². The molecule has 1 aromatic carbocycles. The molecule has 1 rings (SSSR count). The van der Waals surface area contributed by atoms with Crippen LogP contribution in [0.5, 0.6) is 0 Å². The van der Waals surface area contributed by atoms with Gasteiger partial charge in [0, 0.05) is 0 Å². The Morgan fingerprint density at radius 3 is 1.50 bits per heavy atom. The molecule has 0 aliphatic heterocycles. The smallest absolute Gasteiger partial charge is 0.748 e. The van der Waals surface area contributed by atoms with Crippen LogP contribution < -0.4 is 51.4 Å². The first-order valence-corrected chi connectivity index (χ1v) is 13.8. The summed E-state index contributed by atoms with van der Waals surface area (Å²) in [6, 6.07) is 6.01. The van der Waals surface area contributed by atoms with Crippen LogP contribution in [-0.4, -0.2) is 43.9 Å². The molecule has 0 amide bonds. The van der Waals surface area contributed by atoms with Crippen LogP contribution >= 0.6 is 0 Å². The van der Waals surface area contributed by atoms with Crippen molar-refractivity contribution in [1.29, 1.82) is 0 Å². The van der Waals surface area contributed by atoms with Crippen LogP contribution in [0.1, 0.15) is 111 Å². The van der Waals surface area contributed by atoms with Crippen molar-refractivity contribution >= 4 is 22.1 Å². The molecule has 0 saturated carbocycles. The maximum Gasteiger partial charge on any atom is 1.00 e. The largest absolute Gasteiger partial charge is 1.00 e. The van der Waals surface area contributed by atoms with E-state index in [2.05, 4.69) is 6.92 Å². The molecule has 0 saturated heterocycles. The Morgan fingerprint density at radius 2 is 1.09 bits per heavy atom. The molecule has 0 aliphatic carbocycles. The molecule has 0 heterocycles. The summed E-state index contributed by atoms with van der Waals surface area (Å²) in [5, 5.41) is 0. The Balaban J connectivity index is 0.0000109. The standard InChI is InChI=1S/C25H40O7S.K/c1-2-3-4-5-6-7-8-9-10-11-12-13-16-19-31-24(26)22-17-14-15-18-23(22)25(27)32-20-21-33(28,29)30;/h14-15,17-18H,2-13,16,19-21H2,1H3,(H,28,29,30);/q;+1/p-1. The van der Waals surface area contributed by atoms with Crippen molar-refractivity contribution in [3.8, 4) is 0 Å². The summed E-state index contributed by atoms with van der Waals surface area (Å²) in [7, 11) is -4.48. The summed E-state index contributed by atoms with van der Waals surface area (Å²) in [6.07, 6.45) is 16.0. The monoisotopic (exact) mass is 522 g/mol. The number of hydrogen-bond donors (Lipinski definition) is 0. The van der Waals surface area contributed by atoms with Crippen molar-refractivity contribution in [2.75, 3.05) is 19.0 Å². The third kappa shape index (κ3) is 17.2. The van der Waals surface area contributed by atoms with Gasteiger partial charge >= 0.3 is 63.3 Å². The first-order chi connectivity index (χ1) is 15.8. The Kier molecular flexibility index (Phi) is 20.7. The normalized spacial score (nSPS) is 11.0. The molecule has 0 fully saturated rings. The van der Waals surface area contributed by atoms with Gasteiger partial charge in [-0.15, -0.1) is 0 Å². The topological polar surface area (TPSA) is 110 Å². The van der Waals surface area contributed by atoms with Gasteiger partial charge in [0.2, 0.25) is 0 Å². The molecule has 188 valence electrons. The van der Waals surface area contributed by atoms with E-state index >= 15 is 0 Å². The minimum atomic E-state index is -4.48. The number of ether oxygens (including phenoxy) is 2. The van der Waals surface area contributed by atoms with Crippen LogP contribution in [0, 0.1) is 0 Å². The zero-order chi connectivity index (χ0) is 24.4. The van der Waals surface area contributed by atoms with Crippen molar-refractivity contribution < 1.29 is 83.4 Å². The number of hydrogen-bond acceptors (Lipinski definition) is 7. The van der Waals surface area contributed by atoms with E-state index in [1.807, 2.05) is 0 Å². The fourth-order valence-electron chi connectivity index (χ4n) is 3.52. The average Bonchev–Trinajstić information content (AvgIpc) is 2.78. The van der Waals surface area contributed by atoms with Crippen LogP contribution in [0.2, 0.25) is 0 Å². The maximum absolute atomic E-state index is 12.3. The SMILES string of the molecule is CCCCCCCCCCCCCCCOC(=O)c1ccccc1C(=O)OCCS(=O)(=O)[O-].[K+]. The van der Waals surface area contributed by atoms with Gasteiger partial charge in [0.15, 0.2) is 0 Å². The molecule has 34 heavy (non-hydrogen) atoms. The van der Waals surface area contributed by atoms with Crippen molar-refractivity contribution in [3.63, 3.8) is 0 Å². The summed E-state index contributed by atoms with van der Waals surface area (Å²) < 4.78 is 41.9. The van der Waals surface area contributed by atoms with Crippen molar-refractivity contribution in [2.45, 2.75) is 90.4 Å². The van der Waals surface area contributed by atoms with Gasteiger partial charge in [-0.05, 0) is 18.6 Å². The summed E-state index contributed by atoms with van der Waals surface area (Å²) in [5.41, 5.74) is 0.0401. The Labute approximate surface area is 247 Å². The number of rotatable bonds is 19. The van der Waals surface area contributed by atoms with Crippen molar-refractivity contribution in [1.82, 2.24) is 0 Å². The molecule has 0 atom stereocenters. The van der Waals surface area contributed by atoms with E-state index in [9.17, 15) is 22.6 Å². The third-order valence-corrected chi connectivity index (χ3v) is 6.08. The second-order valence-electron chi connectivity index (χ2n) is 8.32. The van der Waals surface area contributed by atoms with Gasteiger partial charge in [-0.3, -0.25) is 0 Å². The molecule has 0 unspecified atom stereocenters. The van der Waals surface area contributed by atoms with Crippen LogP contribution in [0.4, 0.5) is 0 Å². The number of unbranched alkanes of at least 4 members (excludes halogenated alkanes) is 12. The third-order valence-electron chi connectivity index (χ3n) is 5.41. The van der Waals surface area contributed by atoms with E-state index in [0.29, 0.717) is 0 Å². The molecular weight excluding hydrogens is 483 g/mol. The molecule has 0 N–H and O–H groups in total. The fraction of sp³-hybridized carbons (Fsp3) is 0.680. The van der Waals surface area contributed by atoms with Crippen molar-refractivity contribution in [2.24, 2.45) is 0 Å². The molecule has 1 aromatic rings. The first-order valence-electron chi connectivity index (χ1n) is 12.2. The molecule has 0 aromatic heterocycles.